The Kier molecular flexibility index (Phi) is 5.72. The van der Waals surface area contributed by atoms with Crippen LogP contribution in [0.25, 0.3) is 0 Å². The largest absolute Gasteiger partial charge is 0.367 e. The monoisotopic (exact) mass is 296 g/mol. The van der Waals surface area contributed by atoms with Crippen molar-refractivity contribution in [2.45, 2.75) is 52.2 Å². The van der Waals surface area contributed by atoms with E-state index in [2.05, 4.69) is 48.1 Å². The van der Waals surface area contributed by atoms with E-state index in [-0.39, 0.29) is 11.6 Å². The fourth-order valence-electron chi connectivity index (χ4n) is 2.42. The highest BCUT2D eigenvalue weighted by atomic mass is 16.5. The normalized spacial score (nSPS) is 20.9. The van der Waals surface area contributed by atoms with Crippen molar-refractivity contribution in [3.63, 3.8) is 0 Å². The van der Waals surface area contributed by atoms with E-state index in [0.717, 1.165) is 45.6 Å². The van der Waals surface area contributed by atoms with Crippen molar-refractivity contribution in [1.82, 2.24) is 20.4 Å². The summed E-state index contributed by atoms with van der Waals surface area (Å²) in [7, 11) is 0. The van der Waals surface area contributed by atoms with Gasteiger partial charge in [-0.25, -0.2) is 0 Å². The molecule has 2 heterocycles. The molecule has 1 aliphatic heterocycles. The van der Waals surface area contributed by atoms with Crippen molar-refractivity contribution in [2.75, 3.05) is 32.8 Å². The summed E-state index contributed by atoms with van der Waals surface area (Å²) in [6.45, 7) is 13.1. The van der Waals surface area contributed by atoms with Gasteiger partial charge in [-0.2, -0.15) is 4.98 Å². The molecule has 0 aliphatic carbocycles. The zero-order valence-electron chi connectivity index (χ0n) is 13.7. The summed E-state index contributed by atoms with van der Waals surface area (Å²) < 4.78 is 11.1. The first-order valence-corrected chi connectivity index (χ1v) is 7.89. The lowest BCUT2D eigenvalue weighted by Crippen LogP contribution is -2.39. The number of ether oxygens (including phenoxy) is 1. The van der Waals surface area contributed by atoms with Gasteiger partial charge in [-0.3, -0.25) is 4.90 Å². The molecule has 1 aromatic heterocycles. The smallest absolute Gasteiger partial charge is 0.228 e. The quantitative estimate of drug-likeness (QED) is 0.863. The molecule has 0 radical (unpaired) electrons. The number of morpholine rings is 1. The topological polar surface area (TPSA) is 63.4 Å². The molecule has 120 valence electrons. The molecule has 0 amide bonds. The number of hydrogen-bond donors (Lipinski definition) is 1. The van der Waals surface area contributed by atoms with Crippen molar-refractivity contribution in [1.29, 1.82) is 0 Å². The summed E-state index contributed by atoms with van der Waals surface area (Å²) in [5.41, 5.74) is 0.107. The molecule has 21 heavy (non-hydrogen) atoms. The molecule has 2 rings (SSSR count). The summed E-state index contributed by atoms with van der Waals surface area (Å²) in [4.78, 5) is 6.87. The van der Waals surface area contributed by atoms with E-state index in [9.17, 15) is 0 Å². The van der Waals surface area contributed by atoms with E-state index in [1.807, 2.05) is 0 Å². The molecule has 6 nitrogen and oxygen atoms in total. The molecular weight excluding hydrogens is 268 g/mol. The van der Waals surface area contributed by atoms with E-state index in [0.29, 0.717) is 11.7 Å². The minimum atomic E-state index is -0.0571. The maximum absolute atomic E-state index is 5.77. The van der Waals surface area contributed by atoms with Crippen LogP contribution in [-0.2, 0) is 11.2 Å². The molecule has 6 heteroatoms. The van der Waals surface area contributed by atoms with Gasteiger partial charge in [0.15, 0.2) is 0 Å². The third-order valence-electron chi connectivity index (χ3n) is 3.46. The Morgan fingerprint density at radius 3 is 2.90 bits per heavy atom. The molecular formula is C15H28N4O2. The number of rotatable bonds is 6. The van der Waals surface area contributed by atoms with Crippen LogP contribution in [0.15, 0.2) is 4.52 Å². The predicted molar refractivity (Wildman–Crippen MR) is 81.2 cm³/mol. The van der Waals surface area contributed by atoms with E-state index >= 15 is 0 Å². The van der Waals surface area contributed by atoms with Crippen molar-refractivity contribution >= 4 is 0 Å². The standard InChI is InChI=1S/C15H28N4O2/c1-5-8-19-9-10-20-12(11-19)14-17-13(21-18-14)6-7-16-15(2,3)4/h12,16H,5-11H2,1-4H3. The minimum absolute atomic E-state index is 0.0571. The lowest BCUT2D eigenvalue weighted by Gasteiger charge is -2.30. The summed E-state index contributed by atoms with van der Waals surface area (Å²) in [6, 6.07) is 0. The van der Waals surface area contributed by atoms with E-state index in [1.165, 1.54) is 0 Å². The SMILES string of the molecule is CCCN1CCOC(c2noc(CCNC(C)(C)C)n2)C1. The van der Waals surface area contributed by atoms with Crippen LogP contribution >= 0.6 is 0 Å². The van der Waals surface area contributed by atoms with Gasteiger partial charge in [0, 0.05) is 31.6 Å². The Morgan fingerprint density at radius 1 is 1.38 bits per heavy atom. The van der Waals surface area contributed by atoms with Crippen LogP contribution in [0.1, 0.15) is 51.9 Å². The number of nitrogens with one attached hydrogen (secondary N) is 1. The maximum Gasteiger partial charge on any atom is 0.228 e. The molecule has 1 N–H and O–H groups in total. The average Bonchev–Trinajstić information content (AvgIpc) is 2.87. The maximum atomic E-state index is 5.77. The van der Waals surface area contributed by atoms with Gasteiger partial charge in [0.1, 0.15) is 6.10 Å². The van der Waals surface area contributed by atoms with Crippen LogP contribution in [0.3, 0.4) is 0 Å². The number of nitrogens with zero attached hydrogens (tertiary/aromatic N) is 3. The summed E-state index contributed by atoms with van der Waals surface area (Å²) >= 11 is 0. The highest BCUT2D eigenvalue weighted by Crippen LogP contribution is 2.19. The van der Waals surface area contributed by atoms with Crippen molar-refractivity contribution in [3.8, 4) is 0 Å². The lowest BCUT2D eigenvalue weighted by molar-refractivity contribution is -0.0350. The van der Waals surface area contributed by atoms with Crippen LogP contribution < -0.4 is 5.32 Å². The van der Waals surface area contributed by atoms with Crippen LogP contribution in [0.2, 0.25) is 0 Å². The van der Waals surface area contributed by atoms with Gasteiger partial charge < -0.3 is 14.6 Å². The molecule has 1 saturated heterocycles. The van der Waals surface area contributed by atoms with Crippen molar-refractivity contribution in [2.24, 2.45) is 0 Å². The van der Waals surface area contributed by atoms with Gasteiger partial charge in [0.05, 0.1) is 6.61 Å². The molecule has 1 fully saturated rings. The first kappa shape index (κ1) is 16.4. The Balaban J connectivity index is 1.84. The molecule has 1 atom stereocenters. The summed E-state index contributed by atoms with van der Waals surface area (Å²) in [5, 5.41) is 7.50. The third-order valence-corrected chi connectivity index (χ3v) is 3.46. The fraction of sp³-hybridized carbons (Fsp3) is 0.867. The van der Waals surface area contributed by atoms with Gasteiger partial charge in [-0.15, -0.1) is 0 Å². The first-order chi connectivity index (χ1) is 9.98. The Bertz CT molecular complexity index is 426. The van der Waals surface area contributed by atoms with Crippen LogP contribution in [-0.4, -0.2) is 53.4 Å². The highest BCUT2D eigenvalue weighted by molar-refractivity contribution is 4.94. The molecule has 0 aromatic carbocycles. The number of hydrogen-bond acceptors (Lipinski definition) is 6. The van der Waals surface area contributed by atoms with Crippen LogP contribution in [0.4, 0.5) is 0 Å². The van der Waals surface area contributed by atoms with Gasteiger partial charge in [-0.1, -0.05) is 12.1 Å². The van der Waals surface area contributed by atoms with Gasteiger partial charge in [-0.05, 0) is 33.7 Å². The van der Waals surface area contributed by atoms with Crippen LogP contribution in [0, 0.1) is 0 Å². The van der Waals surface area contributed by atoms with Gasteiger partial charge >= 0.3 is 0 Å². The van der Waals surface area contributed by atoms with E-state index < -0.39 is 0 Å². The van der Waals surface area contributed by atoms with Crippen molar-refractivity contribution in [3.05, 3.63) is 11.7 Å². The Labute approximate surface area is 127 Å². The van der Waals surface area contributed by atoms with Crippen molar-refractivity contribution < 1.29 is 9.26 Å². The second-order valence-electron chi connectivity index (χ2n) is 6.63. The molecule has 1 aliphatic rings. The zero-order chi connectivity index (χ0) is 15.3. The predicted octanol–water partition coefficient (Wildman–Crippen LogP) is 1.78. The molecule has 0 bridgehead atoms. The lowest BCUT2D eigenvalue weighted by atomic mass is 10.1. The molecule has 1 unspecified atom stereocenters. The molecule has 0 spiro atoms. The summed E-state index contributed by atoms with van der Waals surface area (Å²) in [6.07, 6.45) is 1.84. The number of aromatic nitrogens is 2. The molecule has 1 aromatic rings. The van der Waals surface area contributed by atoms with Gasteiger partial charge in [0.25, 0.3) is 0 Å². The second kappa shape index (κ2) is 7.33. The van der Waals surface area contributed by atoms with E-state index in [4.69, 9.17) is 9.26 Å². The average molecular weight is 296 g/mol. The molecule has 0 saturated carbocycles. The Morgan fingerprint density at radius 2 is 2.19 bits per heavy atom. The minimum Gasteiger partial charge on any atom is -0.367 e. The highest BCUT2D eigenvalue weighted by Gasteiger charge is 2.25. The zero-order valence-corrected chi connectivity index (χ0v) is 13.7. The summed E-state index contributed by atoms with van der Waals surface area (Å²) in [5.74, 6) is 1.36. The van der Waals surface area contributed by atoms with Crippen LogP contribution in [0.5, 0.6) is 0 Å². The third kappa shape index (κ3) is 5.37. The van der Waals surface area contributed by atoms with E-state index in [1.54, 1.807) is 0 Å². The van der Waals surface area contributed by atoms with Gasteiger partial charge in [0.2, 0.25) is 11.7 Å². The fourth-order valence-corrected chi connectivity index (χ4v) is 2.42. The first-order valence-electron chi connectivity index (χ1n) is 7.89. The Hall–Kier alpha value is -0.980. The second-order valence-corrected chi connectivity index (χ2v) is 6.63.